The highest BCUT2D eigenvalue weighted by Gasteiger charge is 2.47. The van der Waals surface area contributed by atoms with Crippen molar-refractivity contribution < 1.29 is 48.3 Å². The predicted molar refractivity (Wildman–Crippen MR) is 154 cm³/mol. The van der Waals surface area contributed by atoms with Crippen LogP contribution < -0.4 is 21.4 Å². The van der Waals surface area contributed by atoms with E-state index in [1.54, 1.807) is 13.8 Å². The summed E-state index contributed by atoms with van der Waals surface area (Å²) in [7, 11) is 1.36. The van der Waals surface area contributed by atoms with Crippen molar-refractivity contribution in [3.05, 3.63) is 69.1 Å². The van der Waals surface area contributed by atoms with E-state index in [2.05, 4.69) is 5.32 Å². The normalized spacial score (nSPS) is 21.7. The molecule has 2 amide bonds. The van der Waals surface area contributed by atoms with Gasteiger partial charge in [0.15, 0.2) is 23.6 Å². The fourth-order valence-electron chi connectivity index (χ4n) is 4.80. The number of fused-ring (bicyclic) bond motifs is 1. The van der Waals surface area contributed by atoms with Gasteiger partial charge in [-0.15, -0.1) is 0 Å². The monoisotopic (exact) mass is 598 g/mol. The third-order valence-electron chi connectivity index (χ3n) is 7.08. The van der Waals surface area contributed by atoms with E-state index in [4.69, 9.17) is 29.1 Å². The highest BCUT2D eigenvalue weighted by Crippen LogP contribution is 2.37. The van der Waals surface area contributed by atoms with Crippen LogP contribution in [0.25, 0.3) is 11.0 Å². The third kappa shape index (κ3) is 6.58. The zero-order chi connectivity index (χ0) is 31.6. The number of nitrogens with two attached hydrogens (primary N) is 1. The number of carbonyl (C=O) groups is 2. The number of aliphatic hydroxyl groups excluding tert-OH is 1. The van der Waals surface area contributed by atoms with Crippen molar-refractivity contribution in [1.82, 2.24) is 0 Å². The molecule has 1 aliphatic heterocycles. The molecule has 0 spiro atoms. The van der Waals surface area contributed by atoms with Gasteiger partial charge in [0.05, 0.1) is 11.5 Å². The van der Waals surface area contributed by atoms with Crippen LogP contribution in [0.5, 0.6) is 17.2 Å². The van der Waals surface area contributed by atoms with E-state index in [9.17, 15) is 29.7 Å². The summed E-state index contributed by atoms with van der Waals surface area (Å²) in [6, 6.07) is 7.11. The largest absolute Gasteiger partial charge is 0.508 e. The first-order chi connectivity index (χ1) is 20.3. The molecule has 43 heavy (non-hydrogen) atoms. The zero-order valence-corrected chi connectivity index (χ0v) is 24.2. The van der Waals surface area contributed by atoms with Gasteiger partial charge in [-0.25, -0.2) is 9.59 Å². The summed E-state index contributed by atoms with van der Waals surface area (Å²) in [4.78, 5) is 37.3. The van der Waals surface area contributed by atoms with Crippen molar-refractivity contribution in [2.75, 3.05) is 12.4 Å². The molecule has 1 aliphatic rings. The Bertz CT molecular complexity index is 1630. The maximum atomic E-state index is 13.0. The van der Waals surface area contributed by atoms with Gasteiger partial charge in [-0.05, 0) is 70.0 Å². The van der Waals surface area contributed by atoms with E-state index >= 15 is 0 Å². The standard InChI is InChI=1S/C30H34N2O11/c1-13(2)6-7-16-12-17(8-10-19(16)33)27(36)32-21-22(34)18-9-11-20(14(3)24(18)42-28(21)37)41-29-23(35)26(43-30(31)38)25(39-5)15(4)40-29/h6,8-12,15,23,25-26,29,33-35H,7H2,1-5H3,(H2,31,38)(H,32,36)/t15-,23+,25-,26-,29-/m1/s1. The molecule has 13 nitrogen and oxygen atoms in total. The number of rotatable bonds is 8. The van der Waals surface area contributed by atoms with E-state index in [1.165, 1.54) is 37.4 Å². The lowest BCUT2D eigenvalue weighted by molar-refractivity contribution is -0.271. The molecule has 13 heteroatoms. The van der Waals surface area contributed by atoms with Crippen LogP contribution in [-0.2, 0) is 20.6 Å². The van der Waals surface area contributed by atoms with Gasteiger partial charge >= 0.3 is 11.7 Å². The fraction of sp³-hybridized carbons (Fsp3) is 0.367. The van der Waals surface area contributed by atoms with Gasteiger partial charge in [-0.1, -0.05) is 11.6 Å². The molecule has 0 aliphatic carbocycles. The summed E-state index contributed by atoms with van der Waals surface area (Å²) in [5.41, 5.74) is 5.60. The first-order valence-corrected chi connectivity index (χ1v) is 13.4. The van der Waals surface area contributed by atoms with Crippen LogP contribution in [0.15, 0.2) is 51.2 Å². The number of aliphatic hydroxyl groups is 1. The first kappa shape index (κ1) is 31.3. The molecule has 6 N–H and O–H groups in total. The number of hydrogen-bond acceptors (Lipinski definition) is 11. The average Bonchev–Trinajstić information content (AvgIpc) is 2.94. The molecular formula is C30H34N2O11. The minimum atomic E-state index is -1.50. The minimum Gasteiger partial charge on any atom is -0.508 e. The van der Waals surface area contributed by atoms with Gasteiger partial charge in [0, 0.05) is 18.2 Å². The average molecular weight is 599 g/mol. The summed E-state index contributed by atoms with van der Waals surface area (Å²) < 4.78 is 27.4. The van der Waals surface area contributed by atoms with Crippen molar-refractivity contribution in [2.24, 2.45) is 5.73 Å². The van der Waals surface area contributed by atoms with Crippen LogP contribution in [0.1, 0.15) is 42.3 Å². The predicted octanol–water partition coefficient (Wildman–Crippen LogP) is 3.24. The van der Waals surface area contributed by atoms with E-state index in [1.807, 2.05) is 19.9 Å². The van der Waals surface area contributed by atoms with Crippen LogP contribution in [-0.4, -0.2) is 65.1 Å². The number of aromatic hydroxyl groups is 2. The molecule has 2 aromatic carbocycles. The molecule has 0 radical (unpaired) electrons. The Morgan fingerprint density at radius 3 is 2.51 bits per heavy atom. The summed E-state index contributed by atoms with van der Waals surface area (Å²) >= 11 is 0. The summed E-state index contributed by atoms with van der Waals surface area (Å²) in [6.07, 6.45) is -4.33. The second-order valence-corrected chi connectivity index (χ2v) is 10.4. The molecule has 4 rings (SSSR count). The number of ether oxygens (including phenoxy) is 4. The Morgan fingerprint density at radius 1 is 1.14 bits per heavy atom. The second-order valence-electron chi connectivity index (χ2n) is 10.4. The zero-order valence-electron chi connectivity index (χ0n) is 24.2. The maximum absolute atomic E-state index is 13.0. The maximum Gasteiger partial charge on any atom is 0.404 e. The van der Waals surface area contributed by atoms with Crippen molar-refractivity contribution >= 4 is 28.7 Å². The van der Waals surface area contributed by atoms with Crippen LogP contribution in [0, 0.1) is 6.92 Å². The van der Waals surface area contributed by atoms with E-state index < -0.39 is 59.8 Å². The number of primary amides is 1. The van der Waals surface area contributed by atoms with Crippen molar-refractivity contribution in [2.45, 2.75) is 64.8 Å². The highest BCUT2D eigenvalue weighted by molar-refractivity contribution is 6.06. The molecule has 0 bridgehead atoms. The fourth-order valence-corrected chi connectivity index (χ4v) is 4.80. The Balaban J connectivity index is 1.61. The van der Waals surface area contributed by atoms with Gasteiger partial charge in [0.25, 0.3) is 5.91 Å². The van der Waals surface area contributed by atoms with E-state index in [-0.39, 0.29) is 33.6 Å². The molecular weight excluding hydrogens is 564 g/mol. The summed E-state index contributed by atoms with van der Waals surface area (Å²) in [5, 5.41) is 34.4. The van der Waals surface area contributed by atoms with Crippen LogP contribution in [0.4, 0.5) is 10.5 Å². The number of hydrogen-bond donors (Lipinski definition) is 5. The SMILES string of the molecule is CO[C@H]1[C@H](OC(N)=O)[C@H](O)[C@@H](Oc2ccc3c(O)c(NC(=O)c4ccc(O)c(CC=C(C)C)c4)c(=O)oc3c2C)O[C@@H]1C. The second kappa shape index (κ2) is 12.7. The molecule has 1 fully saturated rings. The number of phenolic OH excluding ortho intramolecular Hbond substituents is 1. The Labute approximate surface area is 246 Å². The molecule has 1 saturated heterocycles. The number of phenols is 1. The smallest absolute Gasteiger partial charge is 0.404 e. The van der Waals surface area contributed by atoms with Crippen molar-refractivity contribution in [3.63, 3.8) is 0 Å². The molecule has 0 unspecified atom stereocenters. The van der Waals surface area contributed by atoms with E-state index in [0.29, 0.717) is 12.0 Å². The number of methoxy groups -OCH3 is 1. The van der Waals surface area contributed by atoms with Gasteiger partial charge in [0.2, 0.25) is 6.29 Å². The van der Waals surface area contributed by atoms with Gasteiger partial charge in [-0.2, -0.15) is 0 Å². The first-order valence-electron chi connectivity index (χ1n) is 13.4. The molecule has 3 aromatic rings. The van der Waals surface area contributed by atoms with Crippen molar-refractivity contribution in [3.8, 4) is 17.2 Å². The Morgan fingerprint density at radius 2 is 1.86 bits per heavy atom. The number of amides is 2. The lowest BCUT2D eigenvalue weighted by atomic mass is 9.99. The molecule has 1 aromatic heterocycles. The number of nitrogens with one attached hydrogen (secondary N) is 1. The van der Waals surface area contributed by atoms with Crippen molar-refractivity contribution in [1.29, 1.82) is 0 Å². The number of aryl methyl sites for hydroxylation is 1. The summed E-state index contributed by atoms with van der Waals surface area (Å²) in [5.74, 6) is -1.08. The lowest BCUT2D eigenvalue weighted by Crippen LogP contribution is -2.60. The molecule has 0 saturated carbocycles. The van der Waals surface area contributed by atoms with Crippen LogP contribution >= 0.6 is 0 Å². The molecule has 5 atom stereocenters. The summed E-state index contributed by atoms with van der Waals surface area (Å²) in [6.45, 7) is 7.01. The topological polar surface area (TPSA) is 200 Å². The third-order valence-corrected chi connectivity index (χ3v) is 7.08. The number of carbonyl (C=O) groups excluding carboxylic acids is 2. The van der Waals surface area contributed by atoms with Gasteiger partial charge < -0.3 is 49.7 Å². The molecule has 230 valence electrons. The van der Waals surface area contributed by atoms with Crippen LogP contribution in [0.2, 0.25) is 0 Å². The lowest BCUT2D eigenvalue weighted by Gasteiger charge is -2.41. The minimum absolute atomic E-state index is 0.0191. The van der Waals surface area contributed by atoms with Gasteiger partial charge in [-0.3, -0.25) is 4.79 Å². The Hall–Kier alpha value is -4.59. The van der Waals surface area contributed by atoms with Gasteiger partial charge in [0.1, 0.15) is 23.2 Å². The molecule has 2 heterocycles. The quantitative estimate of drug-likeness (QED) is 0.188. The number of anilines is 1. The number of benzene rings is 2. The highest BCUT2D eigenvalue weighted by atomic mass is 16.7. The Kier molecular flexibility index (Phi) is 9.28. The van der Waals surface area contributed by atoms with E-state index in [0.717, 1.165) is 5.57 Å². The van der Waals surface area contributed by atoms with Crippen LogP contribution in [0.3, 0.4) is 0 Å². The number of allylic oxidation sites excluding steroid dienone is 2.